The Morgan fingerprint density at radius 2 is 1.79 bits per heavy atom. The second-order valence-corrected chi connectivity index (χ2v) is 7.38. The van der Waals surface area contributed by atoms with Crippen molar-refractivity contribution in [3.63, 3.8) is 0 Å². The van der Waals surface area contributed by atoms with Gasteiger partial charge in [0.05, 0.1) is 22.3 Å². The highest BCUT2D eigenvalue weighted by Crippen LogP contribution is 2.34. The largest absolute Gasteiger partial charge is 0.457 e. The van der Waals surface area contributed by atoms with Crippen molar-refractivity contribution in [1.29, 1.82) is 0 Å². The molecule has 7 nitrogen and oxygen atoms in total. The van der Waals surface area contributed by atoms with Gasteiger partial charge in [0, 0.05) is 37.8 Å². The summed E-state index contributed by atoms with van der Waals surface area (Å²) in [5.41, 5.74) is 0.503. The van der Waals surface area contributed by atoms with Crippen LogP contribution in [-0.4, -0.2) is 24.5 Å². The molecule has 3 aromatic heterocycles. The number of H-pyrrole nitrogens is 1. The van der Waals surface area contributed by atoms with E-state index in [0.29, 0.717) is 46.2 Å². The molecule has 0 aliphatic carbocycles. The number of pyridine rings is 1. The molecule has 0 atom stereocenters. The Morgan fingerprint density at radius 3 is 2.56 bits per heavy atom. The Morgan fingerprint density at radius 1 is 0.971 bits per heavy atom. The maximum Gasteiger partial charge on any atom is 0.416 e. The van der Waals surface area contributed by atoms with Gasteiger partial charge in [-0.2, -0.15) is 13.2 Å². The number of aromatic amines is 1. The first-order valence-electron chi connectivity index (χ1n) is 10.0. The molecule has 2 aromatic carbocycles. The number of hydrogen-bond acceptors (Lipinski definition) is 5. The molecular weight excluding hydrogens is 452 g/mol. The SMILES string of the molecule is Cn1c(Nc2cc(C(F)(F)F)ccc2F)nc2cc(Oc3ccnc(-c4ncc[nH]4)c3)ccc21. The smallest absolute Gasteiger partial charge is 0.416 e. The van der Waals surface area contributed by atoms with Gasteiger partial charge in [-0.1, -0.05) is 0 Å². The predicted molar refractivity (Wildman–Crippen MR) is 117 cm³/mol. The van der Waals surface area contributed by atoms with Crippen LogP contribution < -0.4 is 10.1 Å². The van der Waals surface area contributed by atoms with Crippen LogP contribution in [0.5, 0.6) is 11.5 Å². The van der Waals surface area contributed by atoms with Crippen molar-refractivity contribution in [3.8, 4) is 23.0 Å². The van der Waals surface area contributed by atoms with E-state index in [4.69, 9.17) is 4.74 Å². The number of hydrogen-bond donors (Lipinski definition) is 2. The van der Waals surface area contributed by atoms with E-state index >= 15 is 0 Å². The maximum atomic E-state index is 14.2. The summed E-state index contributed by atoms with van der Waals surface area (Å²) in [7, 11) is 1.67. The third kappa shape index (κ3) is 4.15. The standard InChI is InChI=1S/C23H16F4N6O/c1-33-20-5-3-14(34-15-6-7-28-19(12-15)21-29-8-9-30-21)11-18(20)32-22(33)31-17-10-13(23(25,26)27)2-4-16(17)24/h2-12H,1H3,(H,29,30)(H,31,32). The van der Waals surface area contributed by atoms with Gasteiger partial charge in [-0.05, 0) is 36.4 Å². The minimum Gasteiger partial charge on any atom is -0.457 e. The Hall–Kier alpha value is -4.41. The Bertz CT molecular complexity index is 1480. The van der Waals surface area contributed by atoms with Crippen molar-refractivity contribution in [2.75, 3.05) is 5.32 Å². The van der Waals surface area contributed by atoms with Crippen LogP contribution >= 0.6 is 0 Å². The molecular formula is C23H16F4N6O. The Labute approximate surface area is 190 Å². The van der Waals surface area contributed by atoms with Crippen LogP contribution in [0.3, 0.4) is 0 Å². The monoisotopic (exact) mass is 468 g/mol. The van der Waals surface area contributed by atoms with Crippen molar-refractivity contribution < 1.29 is 22.3 Å². The van der Waals surface area contributed by atoms with Gasteiger partial charge >= 0.3 is 6.18 Å². The number of imidazole rings is 2. The van der Waals surface area contributed by atoms with E-state index < -0.39 is 17.6 Å². The molecule has 11 heteroatoms. The van der Waals surface area contributed by atoms with Crippen molar-refractivity contribution >= 4 is 22.7 Å². The van der Waals surface area contributed by atoms with Crippen LogP contribution in [0.4, 0.5) is 29.2 Å². The van der Waals surface area contributed by atoms with E-state index in [1.54, 1.807) is 60.5 Å². The van der Waals surface area contributed by atoms with E-state index in [-0.39, 0.29) is 11.6 Å². The zero-order valence-corrected chi connectivity index (χ0v) is 17.6. The number of aryl methyl sites for hydroxylation is 1. The molecule has 0 bridgehead atoms. The van der Waals surface area contributed by atoms with Crippen LogP contribution in [0.15, 0.2) is 67.1 Å². The fourth-order valence-electron chi connectivity index (χ4n) is 3.42. The van der Waals surface area contributed by atoms with Gasteiger partial charge in [-0.3, -0.25) is 4.98 Å². The highest BCUT2D eigenvalue weighted by atomic mass is 19.4. The summed E-state index contributed by atoms with van der Waals surface area (Å²) in [5.74, 6) is 0.965. The Balaban J connectivity index is 1.42. The summed E-state index contributed by atoms with van der Waals surface area (Å²) < 4.78 is 60.8. The van der Waals surface area contributed by atoms with Gasteiger partial charge < -0.3 is 19.6 Å². The molecule has 0 saturated heterocycles. The van der Waals surface area contributed by atoms with Gasteiger partial charge in [0.2, 0.25) is 5.95 Å². The molecule has 0 aliphatic rings. The number of alkyl halides is 3. The number of rotatable bonds is 5. The first-order chi connectivity index (χ1) is 16.3. The molecule has 172 valence electrons. The van der Waals surface area contributed by atoms with Gasteiger partial charge in [-0.25, -0.2) is 14.4 Å². The molecule has 0 radical (unpaired) electrons. The van der Waals surface area contributed by atoms with Gasteiger partial charge in [0.15, 0.2) is 5.82 Å². The lowest BCUT2D eigenvalue weighted by molar-refractivity contribution is -0.137. The molecule has 34 heavy (non-hydrogen) atoms. The lowest BCUT2D eigenvalue weighted by Gasteiger charge is -2.11. The molecule has 5 aromatic rings. The third-order valence-electron chi connectivity index (χ3n) is 5.10. The summed E-state index contributed by atoms with van der Waals surface area (Å²) >= 11 is 0. The second-order valence-electron chi connectivity index (χ2n) is 7.38. The number of aromatic nitrogens is 5. The number of nitrogens with one attached hydrogen (secondary N) is 2. The summed E-state index contributed by atoms with van der Waals surface area (Å²) in [6, 6.07) is 10.7. The Kier molecular flexibility index (Phi) is 5.16. The summed E-state index contributed by atoms with van der Waals surface area (Å²) in [6.07, 6.45) is 0.317. The number of halogens is 4. The van der Waals surface area contributed by atoms with E-state index in [1.165, 1.54) is 0 Å². The van der Waals surface area contributed by atoms with Gasteiger partial charge in [-0.15, -0.1) is 0 Å². The summed E-state index contributed by atoms with van der Waals surface area (Å²) in [6.45, 7) is 0. The minimum atomic E-state index is -4.59. The highest BCUT2D eigenvalue weighted by molar-refractivity contribution is 5.81. The minimum absolute atomic E-state index is 0.175. The van der Waals surface area contributed by atoms with E-state index in [9.17, 15) is 17.6 Å². The van der Waals surface area contributed by atoms with Crippen LogP contribution in [0.25, 0.3) is 22.6 Å². The average Bonchev–Trinajstić information content (AvgIpc) is 3.44. The van der Waals surface area contributed by atoms with Crippen molar-refractivity contribution in [2.24, 2.45) is 7.05 Å². The van der Waals surface area contributed by atoms with E-state index in [0.717, 1.165) is 6.07 Å². The maximum absolute atomic E-state index is 14.2. The number of fused-ring (bicyclic) bond motifs is 1. The van der Waals surface area contributed by atoms with Crippen LogP contribution in [-0.2, 0) is 13.2 Å². The van der Waals surface area contributed by atoms with Crippen LogP contribution in [0, 0.1) is 5.82 Å². The lowest BCUT2D eigenvalue weighted by atomic mass is 10.2. The molecule has 0 saturated carbocycles. The molecule has 3 heterocycles. The topological polar surface area (TPSA) is 80.7 Å². The van der Waals surface area contributed by atoms with E-state index in [1.807, 2.05) is 0 Å². The molecule has 0 spiro atoms. The van der Waals surface area contributed by atoms with Crippen molar-refractivity contribution in [1.82, 2.24) is 24.5 Å². The normalized spacial score (nSPS) is 11.7. The lowest BCUT2D eigenvalue weighted by Crippen LogP contribution is -2.07. The number of anilines is 2. The van der Waals surface area contributed by atoms with Crippen molar-refractivity contribution in [3.05, 3.63) is 78.5 Å². The van der Waals surface area contributed by atoms with Gasteiger partial charge in [0.1, 0.15) is 23.0 Å². The fraction of sp³-hybridized carbons (Fsp3) is 0.0870. The van der Waals surface area contributed by atoms with Crippen LogP contribution in [0.1, 0.15) is 5.56 Å². The quantitative estimate of drug-likeness (QED) is 0.307. The zero-order valence-electron chi connectivity index (χ0n) is 17.6. The molecule has 0 amide bonds. The van der Waals surface area contributed by atoms with Gasteiger partial charge in [0.25, 0.3) is 0 Å². The first-order valence-corrected chi connectivity index (χ1v) is 10.0. The molecule has 0 fully saturated rings. The average molecular weight is 468 g/mol. The van der Waals surface area contributed by atoms with Crippen LogP contribution in [0.2, 0.25) is 0 Å². The summed E-state index contributed by atoms with van der Waals surface area (Å²) in [5, 5.41) is 2.65. The highest BCUT2D eigenvalue weighted by Gasteiger charge is 2.31. The van der Waals surface area contributed by atoms with Crippen molar-refractivity contribution in [2.45, 2.75) is 6.18 Å². The fourth-order valence-corrected chi connectivity index (χ4v) is 3.42. The molecule has 0 unspecified atom stereocenters. The predicted octanol–water partition coefficient (Wildman–Crippen LogP) is 6.05. The zero-order chi connectivity index (χ0) is 23.9. The molecule has 5 rings (SSSR count). The number of ether oxygens (including phenoxy) is 1. The number of benzene rings is 2. The molecule has 0 aliphatic heterocycles. The molecule has 2 N–H and O–H groups in total. The third-order valence-corrected chi connectivity index (χ3v) is 5.10. The second kappa shape index (κ2) is 8.18. The number of nitrogens with zero attached hydrogens (tertiary/aromatic N) is 4. The summed E-state index contributed by atoms with van der Waals surface area (Å²) in [4.78, 5) is 15.8. The van der Waals surface area contributed by atoms with E-state index in [2.05, 4.69) is 25.3 Å². The first kappa shape index (κ1) is 21.4.